The van der Waals surface area contributed by atoms with Crippen molar-refractivity contribution in [2.45, 2.75) is 18.4 Å². The Morgan fingerprint density at radius 2 is 2.27 bits per heavy atom. The SMILES string of the molecule is C=CCN1CC2(CCNCC2)OCC1=O. The van der Waals surface area contributed by atoms with Crippen molar-refractivity contribution < 1.29 is 9.53 Å². The number of carbonyl (C=O) groups is 1. The van der Waals surface area contributed by atoms with Gasteiger partial charge in [0, 0.05) is 6.54 Å². The Hall–Kier alpha value is -0.870. The van der Waals surface area contributed by atoms with Crippen molar-refractivity contribution in [2.75, 3.05) is 32.8 Å². The number of rotatable bonds is 2. The van der Waals surface area contributed by atoms with Gasteiger partial charge in [-0.1, -0.05) is 6.08 Å². The Kier molecular flexibility index (Phi) is 3.07. The average Bonchev–Trinajstić information content (AvgIpc) is 2.26. The van der Waals surface area contributed by atoms with Crippen molar-refractivity contribution in [2.24, 2.45) is 0 Å². The molecule has 0 saturated carbocycles. The molecule has 4 heteroatoms. The van der Waals surface area contributed by atoms with Gasteiger partial charge in [-0.3, -0.25) is 4.79 Å². The molecule has 2 aliphatic heterocycles. The fraction of sp³-hybridized carbons (Fsp3) is 0.727. The van der Waals surface area contributed by atoms with Crippen LogP contribution in [0.15, 0.2) is 12.7 Å². The maximum absolute atomic E-state index is 11.5. The lowest BCUT2D eigenvalue weighted by Gasteiger charge is -2.44. The van der Waals surface area contributed by atoms with E-state index >= 15 is 0 Å². The van der Waals surface area contributed by atoms with E-state index < -0.39 is 0 Å². The minimum Gasteiger partial charge on any atom is -0.363 e. The number of amides is 1. The zero-order chi connectivity index (χ0) is 10.7. The molecule has 0 unspecified atom stereocenters. The Bertz CT molecular complexity index is 259. The minimum atomic E-state index is -0.0951. The fourth-order valence-corrected chi connectivity index (χ4v) is 2.29. The van der Waals surface area contributed by atoms with Crippen molar-refractivity contribution in [1.29, 1.82) is 0 Å². The summed E-state index contributed by atoms with van der Waals surface area (Å²) in [6, 6.07) is 0. The van der Waals surface area contributed by atoms with Crippen LogP contribution in [-0.2, 0) is 9.53 Å². The van der Waals surface area contributed by atoms with Crippen LogP contribution in [-0.4, -0.2) is 49.2 Å². The summed E-state index contributed by atoms with van der Waals surface area (Å²) in [5, 5.41) is 3.31. The van der Waals surface area contributed by atoms with Crippen molar-refractivity contribution in [1.82, 2.24) is 10.2 Å². The Labute approximate surface area is 90.3 Å². The second-order valence-electron chi connectivity index (χ2n) is 4.28. The third-order valence-corrected chi connectivity index (χ3v) is 3.20. The predicted octanol–water partition coefficient (Wildman–Crippen LogP) is 0.153. The number of nitrogens with one attached hydrogen (secondary N) is 1. The van der Waals surface area contributed by atoms with Gasteiger partial charge in [-0.25, -0.2) is 0 Å². The van der Waals surface area contributed by atoms with E-state index in [1.54, 1.807) is 6.08 Å². The molecule has 1 amide bonds. The molecule has 0 radical (unpaired) electrons. The molecular weight excluding hydrogens is 192 g/mol. The molecule has 0 bridgehead atoms. The van der Waals surface area contributed by atoms with Crippen LogP contribution in [0, 0.1) is 0 Å². The molecule has 1 N–H and O–H groups in total. The van der Waals surface area contributed by atoms with Crippen LogP contribution in [0.5, 0.6) is 0 Å². The molecule has 2 aliphatic rings. The molecule has 2 rings (SSSR count). The van der Waals surface area contributed by atoms with Gasteiger partial charge in [-0.2, -0.15) is 0 Å². The van der Waals surface area contributed by atoms with Crippen molar-refractivity contribution in [3.05, 3.63) is 12.7 Å². The van der Waals surface area contributed by atoms with E-state index in [9.17, 15) is 4.79 Å². The number of piperidine rings is 1. The normalized spacial score (nSPS) is 25.6. The Morgan fingerprint density at radius 3 is 2.93 bits per heavy atom. The highest BCUT2D eigenvalue weighted by atomic mass is 16.5. The number of morpholine rings is 1. The van der Waals surface area contributed by atoms with Crippen LogP contribution in [0.3, 0.4) is 0 Å². The molecule has 2 fully saturated rings. The molecule has 84 valence electrons. The summed E-state index contributed by atoms with van der Waals surface area (Å²) in [5.41, 5.74) is -0.0951. The van der Waals surface area contributed by atoms with Crippen LogP contribution in [0.2, 0.25) is 0 Å². The average molecular weight is 210 g/mol. The maximum atomic E-state index is 11.5. The molecule has 15 heavy (non-hydrogen) atoms. The maximum Gasteiger partial charge on any atom is 0.248 e. The van der Waals surface area contributed by atoms with E-state index in [4.69, 9.17) is 4.74 Å². The topological polar surface area (TPSA) is 41.6 Å². The highest BCUT2D eigenvalue weighted by Crippen LogP contribution is 2.27. The molecule has 0 aromatic carbocycles. The molecule has 2 heterocycles. The van der Waals surface area contributed by atoms with Crippen LogP contribution < -0.4 is 5.32 Å². The first-order chi connectivity index (χ1) is 7.26. The molecule has 2 saturated heterocycles. The first kappa shape index (κ1) is 10.6. The van der Waals surface area contributed by atoms with E-state index in [-0.39, 0.29) is 18.1 Å². The second-order valence-corrected chi connectivity index (χ2v) is 4.28. The third kappa shape index (κ3) is 2.21. The second kappa shape index (κ2) is 4.33. The van der Waals surface area contributed by atoms with E-state index in [1.807, 2.05) is 4.90 Å². The lowest BCUT2D eigenvalue weighted by Crippen LogP contribution is -2.58. The van der Waals surface area contributed by atoms with Gasteiger partial charge in [0.2, 0.25) is 5.91 Å². The number of carbonyl (C=O) groups excluding carboxylic acids is 1. The molecular formula is C11H18N2O2. The number of hydrogen-bond donors (Lipinski definition) is 1. The summed E-state index contributed by atoms with van der Waals surface area (Å²) < 4.78 is 5.73. The fourth-order valence-electron chi connectivity index (χ4n) is 2.29. The summed E-state index contributed by atoms with van der Waals surface area (Å²) >= 11 is 0. The van der Waals surface area contributed by atoms with E-state index in [1.165, 1.54) is 0 Å². The highest BCUT2D eigenvalue weighted by Gasteiger charge is 2.40. The number of ether oxygens (including phenoxy) is 1. The van der Waals surface area contributed by atoms with Gasteiger partial charge >= 0.3 is 0 Å². The zero-order valence-corrected chi connectivity index (χ0v) is 9.00. The Morgan fingerprint density at radius 1 is 1.53 bits per heavy atom. The van der Waals surface area contributed by atoms with Gasteiger partial charge in [0.15, 0.2) is 0 Å². The summed E-state index contributed by atoms with van der Waals surface area (Å²) in [5.74, 6) is 0.0825. The van der Waals surface area contributed by atoms with Gasteiger partial charge < -0.3 is 15.0 Å². The van der Waals surface area contributed by atoms with Crippen LogP contribution in [0.4, 0.5) is 0 Å². The standard InChI is InChI=1S/C11H18N2O2/c1-2-7-13-9-11(15-8-10(13)14)3-5-12-6-4-11/h2,12H,1,3-9H2. The molecule has 0 aromatic rings. The first-order valence-corrected chi connectivity index (χ1v) is 5.49. The van der Waals surface area contributed by atoms with E-state index in [0.717, 1.165) is 32.5 Å². The molecule has 0 aliphatic carbocycles. The molecule has 0 atom stereocenters. The molecule has 0 aromatic heterocycles. The van der Waals surface area contributed by atoms with Crippen LogP contribution >= 0.6 is 0 Å². The van der Waals surface area contributed by atoms with Gasteiger partial charge in [0.25, 0.3) is 0 Å². The number of hydrogen-bond acceptors (Lipinski definition) is 3. The third-order valence-electron chi connectivity index (χ3n) is 3.20. The highest BCUT2D eigenvalue weighted by molar-refractivity contribution is 5.78. The van der Waals surface area contributed by atoms with E-state index in [2.05, 4.69) is 11.9 Å². The zero-order valence-electron chi connectivity index (χ0n) is 9.00. The summed E-state index contributed by atoms with van der Waals surface area (Å²) in [4.78, 5) is 13.4. The van der Waals surface area contributed by atoms with Gasteiger partial charge in [0.05, 0.1) is 12.1 Å². The van der Waals surface area contributed by atoms with Gasteiger partial charge in [-0.15, -0.1) is 6.58 Å². The molecule has 4 nitrogen and oxygen atoms in total. The number of nitrogens with zero attached hydrogens (tertiary/aromatic N) is 1. The largest absolute Gasteiger partial charge is 0.363 e. The first-order valence-electron chi connectivity index (χ1n) is 5.49. The van der Waals surface area contributed by atoms with Crippen LogP contribution in [0.25, 0.3) is 0 Å². The predicted molar refractivity (Wildman–Crippen MR) is 57.6 cm³/mol. The van der Waals surface area contributed by atoms with Gasteiger partial charge in [0.1, 0.15) is 6.61 Å². The monoisotopic (exact) mass is 210 g/mol. The van der Waals surface area contributed by atoms with Crippen molar-refractivity contribution in [3.8, 4) is 0 Å². The van der Waals surface area contributed by atoms with Crippen molar-refractivity contribution >= 4 is 5.91 Å². The summed E-state index contributed by atoms with van der Waals surface area (Å²) in [7, 11) is 0. The van der Waals surface area contributed by atoms with Gasteiger partial charge in [-0.05, 0) is 25.9 Å². The lowest BCUT2D eigenvalue weighted by molar-refractivity contribution is -0.166. The molecule has 1 spiro atoms. The van der Waals surface area contributed by atoms with Crippen LogP contribution in [0.1, 0.15) is 12.8 Å². The van der Waals surface area contributed by atoms with Crippen molar-refractivity contribution in [3.63, 3.8) is 0 Å². The Balaban J connectivity index is 2.02. The summed E-state index contributed by atoms with van der Waals surface area (Å²) in [6.07, 6.45) is 3.76. The quantitative estimate of drug-likeness (QED) is 0.660. The lowest BCUT2D eigenvalue weighted by atomic mass is 9.90. The van der Waals surface area contributed by atoms with E-state index in [0.29, 0.717) is 6.54 Å². The summed E-state index contributed by atoms with van der Waals surface area (Å²) in [6.45, 7) is 7.23. The minimum absolute atomic E-state index is 0.0825. The smallest absolute Gasteiger partial charge is 0.248 e.